The van der Waals surface area contributed by atoms with Crippen molar-refractivity contribution in [3.63, 3.8) is 0 Å². The summed E-state index contributed by atoms with van der Waals surface area (Å²) in [5, 5.41) is 53.1. The third-order valence-electron chi connectivity index (χ3n) is 12.3. The minimum absolute atomic E-state index is 0.157. The van der Waals surface area contributed by atoms with E-state index in [4.69, 9.17) is 28.9 Å². The van der Waals surface area contributed by atoms with Gasteiger partial charge in [0.25, 0.3) is 0 Å². The molecule has 8 aliphatic carbocycles. The molecule has 12 heteroatoms. The topological polar surface area (TPSA) is 180 Å². The largest absolute Gasteiger partial charge is 0.457 e. The molecule has 1 saturated heterocycles. The van der Waals surface area contributed by atoms with Gasteiger partial charge < -0.3 is 44.5 Å². The van der Waals surface area contributed by atoms with Gasteiger partial charge in [-0.05, 0) is 113 Å². The minimum Gasteiger partial charge on any atom is -0.457 e. The Kier molecular flexibility index (Phi) is 9.38. The van der Waals surface area contributed by atoms with Crippen LogP contribution >= 0.6 is 0 Å². The van der Waals surface area contributed by atoms with Crippen LogP contribution in [0.2, 0.25) is 0 Å². The van der Waals surface area contributed by atoms with E-state index in [9.17, 15) is 30.3 Å². The van der Waals surface area contributed by atoms with Crippen molar-refractivity contribution in [2.24, 2.45) is 45.5 Å². The third-order valence-corrected chi connectivity index (χ3v) is 12.3. The number of ether oxygens (including phenoxy) is 4. The Hall–Kier alpha value is -1.51. The summed E-state index contributed by atoms with van der Waals surface area (Å²) in [4.78, 5) is 21.8. The Morgan fingerprint density at radius 3 is 1.74 bits per heavy atom. The van der Waals surface area contributed by atoms with Crippen molar-refractivity contribution in [3.8, 4) is 0 Å². The molecule has 0 unspecified atom stereocenters. The zero-order valence-electron chi connectivity index (χ0n) is 26.8. The molecule has 9 fully saturated rings. The van der Waals surface area contributed by atoms with Crippen LogP contribution in [0.1, 0.15) is 84.0 Å². The molecule has 0 aromatic rings. The van der Waals surface area contributed by atoms with Crippen LogP contribution in [0.4, 0.5) is 0 Å². The first kappa shape index (κ1) is 33.0. The van der Waals surface area contributed by atoms with Crippen LogP contribution in [-0.2, 0) is 23.7 Å². The molecular weight excluding hydrogens is 596 g/mol. The SMILES string of the molecule is CC(=O)O[C@H]1[C@@H](O)[C@@H](O[C@@H](C=NC23CC4CC(CC(C4)C2)C3)[C@@H](CO)O[C@H](O)C=NC23CC4CC(CC(C4)C2)C3)O[C@@H](CO)[C@H]1O. The van der Waals surface area contributed by atoms with E-state index < -0.39 is 68.4 Å². The molecule has 12 nitrogen and oxygen atoms in total. The van der Waals surface area contributed by atoms with Gasteiger partial charge in [0.15, 0.2) is 18.7 Å². The average Bonchev–Trinajstić information content (AvgIpc) is 2.99. The van der Waals surface area contributed by atoms with Crippen LogP contribution < -0.4 is 0 Å². The number of carbonyl (C=O) groups is 1. The second-order valence-corrected chi connectivity index (χ2v) is 16.0. The lowest BCUT2D eigenvalue weighted by Crippen LogP contribution is -2.61. The van der Waals surface area contributed by atoms with Gasteiger partial charge in [0.1, 0.15) is 30.5 Å². The van der Waals surface area contributed by atoms with Crippen molar-refractivity contribution < 1.29 is 49.3 Å². The molecule has 9 rings (SSSR count). The Labute approximate surface area is 270 Å². The number of aliphatic hydroxyl groups is 5. The molecule has 0 spiro atoms. The van der Waals surface area contributed by atoms with Gasteiger partial charge in [-0.3, -0.25) is 14.8 Å². The molecule has 8 saturated carbocycles. The van der Waals surface area contributed by atoms with Gasteiger partial charge in [0.2, 0.25) is 0 Å². The molecule has 46 heavy (non-hydrogen) atoms. The molecule has 8 bridgehead atoms. The number of nitrogens with zero attached hydrogens (tertiary/aromatic N) is 2. The molecular formula is C34H52N2O10. The summed E-state index contributed by atoms with van der Waals surface area (Å²) in [7, 11) is 0. The van der Waals surface area contributed by atoms with Crippen molar-refractivity contribution >= 4 is 18.4 Å². The number of hydrogen-bond acceptors (Lipinski definition) is 12. The normalized spacial score (nSPS) is 47.9. The number of aliphatic imine (C=N–C) groups is 2. The van der Waals surface area contributed by atoms with E-state index in [2.05, 4.69) is 0 Å². The summed E-state index contributed by atoms with van der Waals surface area (Å²) in [5.74, 6) is 3.32. The van der Waals surface area contributed by atoms with Crippen molar-refractivity contribution in [2.75, 3.05) is 13.2 Å². The summed E-state index contributed by atoms with van der Waals surface area (Å²) in [5.41, 5.74) is -0.388. The van der Waals surface area contributed by atoms with E-state index >= 15 is 0 Å². The average molecular weight is 649 g/mol. The molecule has 0 aromatic heterocycles. The minimum atomic E-state index is -1.61. The van der Waals surface area contributed by atoms with Gasteiger partial charge in [-0.25, -0.2) is 0 Å². The molecule has 5 N–H and O–H groups in total. The summed E-state index contributed by atoms with van der Waals surface area (Å²) in [6.07, 6.45) is 5.91. The monoisotopic (exact) mass is 648 g/mol. The highest BCUT2D eigenvalue weighted by molar-refractivity contribution is 5.66. The lowest BCUT2D eigenvalue weighted by molar-refractivity contribution is -0.315. The van der Waals surface area contributed by atoms with Gasteiger partial charge in [-0.1, -0.05) is 0 Å². The molecule has 0 radical (unpaired) electrons. The van der Waals surface area contributed by atoms with E-state index in [1.165, 1.54) is 44.7 Å². The van der Waals surface area contributed by atoms with Crippen molar-refractivity contribution in [2.45, 2.75) is 144 Å². The van der Waals surface area contributed by atoms with Gasteiger partial charge in [0, 0.05) is 13.1 Å². The third kappa shape index (κ3) is 6.70. The first-order chi connectivity index (χ1) is 22.0. The fourth-order valence-corrected chi connectivity index (χ4v) is 11.2. The maximum absolute atomic E-state index is 11.8. The zero-order chi connectivity index (χ0) is 32.2. The van der Waals surface area contributed by atoms with Crippen LogP contribution in [0.5, 0.6) is 0 Å². The van der Waals surface area contributed by atoms with Crippen molar-refractivity contribution in [1.82, 2.24) is 0 Å². The van der Waals surface area contributed by atoms with Gasteiger partial charge >= 0.3 is 5.97 Å². The number of rotatable bonds is 12. The van der Waals surface area contributed by atoms with Crippen LogP contribution in [0, 0.1) is 35.5 Å². The number of esters is 1. The van der Waals surface area contributed by atoms with E-state index in [-0.39, 0.29) is 11.1 Å². The Bertz CT molecular complexity index is 1090. The molecule has 1 aliphatic heterocycles. The lowest BCUT2D eigenvalue weighted by Gasteiger charge is -2.55. The Balaban J connectivity index is 1.10. The second-order valence-electron chi connectivity index (χ2n) is 16.0. The maximum Gasteiger partial charge on any atom is 0.303 e. The predicted octanol–water partition coefficient (Wildman–Crippen LogP) is 1.52. The molecule has 8 atom stereocenters. The molecule has 0 amide bonds. The highest BCUT2D eigenvalue weighted by Crippen LogP contribution is 2.58. The van der Waals surface area contributed by atoms with Crippen molar-refractivity contribution in [3.05, 3.63) is 0 Å². The Morgan fingerprint density at radius 1 is 0.826 bits per heavy atom. The number of hydrogen-bond donors (Lipinski definition) is 5. The van der Waals surface area contributed by atoms with E-state index in [1.54, 1.807) is 6.21 Å². The van der Waals surface area contributed by atoms with Crippen LogP contribution in [-0.4, -0.2) is 117 Å². The quantitative estimate of drug-likeness (QED) is 0.118. The van der Waals surface area contributed by atoms with Crippen LogP contribution in [0.25, 0.3) is 0 Å². The maximum atomic E-state index is 11.8. The van der Waals surface area contributed by atoms with E-state index in [1.807, 2.05) is 0 Å². The first-order valence-electron chi connectivity index (χ1n) is 17.5. The van der Waals surface area contributed by atoms with Gasteiger partial charge in [-0.15, -0.1) is 0 Å². The zero-order valence-corrected chi connectivity index (χ0v) is 26.8. The van der Waals surface area contributed by atoms with Crippen molar-refractivity contribution in [1.29, 1.82) is 0 Å². The number of aliphatic hydroxyl groups excluding tert-OH is 5. The molecule has 9 aliphatic rings. The fourth-order valence-electron chi connectivity index (χ4n) is 11.2. The smallest absolute Gasteiger partial charge is 0.303 e. The van der Waals surface area contributed by atoms with Gasteiger partial charge in [-0.2, -0.15) is 0 Å². The Morgan fingerprint density at radius 2 is 1.30 bits per heavy atom. The lowest BCUT2D eigenvalue weighted by atomic mass is 9.53. The predicted molar refractivity (Wildman–Crippen MR) is 165 cm³/mol. The fraction of sp³-hybridized carbons (Fsp3) is 0.912. The van der Waals surface area contributed by atoms with Gasteiger partial charge in [0.05, 0.1) is 30.5 Å². The van der Waals surface area contributed by atoms with Crippen LogP contribution in [0.15, 0.2) is 9.98 Å². The molecule has 0 aromatic carbocycles. The van der Waals surface area contributed by atoms with E-state index in [0.29, 0.717) is 35.5 Å². The summed E-state index contributed by atoms with van der Waals surface area (Å²) in [6, 6.07) is 0. The number of carbonyl (C=O) groups excluding carboxylic acids is 1. The van der Waals surface area contributed by atoms with Crippen LogP contribution in [0.3, 0.4) is 0 Å². The highest BCUT2D eigenvalue weighted by atomic mass is 16.7. The van der Waals surface area contributed by atoms with E-state index in [0.717, 1.165) is 45.4 Å². The molecule has 258 valence electrons. The summed E-state index contributed by atoms with van der Waals surface area (Å²) < 4.78 is 23.1. The highest BCUT2D eigenvalue weighted by Gasteiger charge is 2.53. The standard InChI is InChI=1S/C34H52N2O10/c1-18(39)43-31-29(41)27(17-38)46-32(30(31)42)45-25(14-35-33-8-19-2-20(9-33)4-21(3-19)10-33)26(16-37)44-28(40)15-36-34-11-22-5-23(12-34)7-24(6-22)13-34/h14-15,19-32,37-38,40-42H,2-13,16-17H2,1H3/t19?,20?,21?,22?,23?,24?,25-,26+,27-,28-,29+,30+,31+,32-,33?,34?/m0/s1. The summed E-state index contributed by atoms with van der Waals surface area (Å²) >= 11 is 0. The second kappa shape index (κ2) is 13.1. The first-order valence-corrected chi connectivity index (χ1v) is 17.5. The molecule has 1 heterocycles. The summed E-state index contributed by atoms with van der Waals surface area (Å²) in [6.45, 7) is 0.000680.